The van der Waals surface area contributed by atoms with Crippen LogP contribution in [0, 0.1) is 0 Å². The number of nitrogen functional groups attached to an aromatic ring is 1. The van der Waals surface area contributed by atoms with Crippen molar-refractivity contribution in [3.8, 4) is 5.75 Å². The highest BCUT2D eigenvalue weighted by Crippen LogP contribution is 2.22. The van der Waals surface area contributed by atoms with Crippen molar-refractivity contribution in [2.75, 3.05) is 19.4 Å². The third-order valence-corrected chi connectivity index (χ3v) is 3.46. The molecular formula is C13H17N5O. The van der Waals surface area contributed by atoms with Crippen LogP contribution in [0.4, 0.5) is 5.69 Å². The van der Waals surface area contributed by atoms with E-state index in [2.05, 4.69) is 19.7 Å². The summed E-state index contributed by atoms with van der Waals surface area (Å²) in [5.41, 5.74) is 7.94. The van der Waals surface area contributed by atoms with E-state index in [-0.39, 0.29) is 0 Å². The molecule has 6 nitrogen and oxygen atoms in total. The number of methoxy groups -OCH3 is 1. The summed E-state index contributed by atoms with van der Waals surface area (Å²) in [6, 6.07) is 5.83. The maximum absolute atomic E-state index is 6.05. The molecule has 0 atom stereocenters. The highest BCUT2D eigenvalue weighted by atomic mass is 16.5. The number of fused-ring (bicyclic) bond motifs is 1. The zero-order valence-electron chi connectivity index (χ0n) is 10.9. The third-order valence-electron chi connectivity index (χ3n) is 3.46. The van der Waals surface area contributed by atoms with Crippen molar-refractivity contribution in [2.24, 2.45) is 0 Å². The number of hydrogen-bond acceptors (Lipinski definition) is 5. The van der Waals surface area contributed by atoms with Crippen molar-refractivity contribution in [3.05, 3.63) is 35.9 Å². The van der Waals surface area contributed by atoms with E-state index in [4.69, 9.17) is 10.5 Å². The molecule has 0 radical (unpaired) electrons. The second-order valence-electron chi connectivity index (χ2n) is 4.72. The van der Waals surface area contributed by atoms with Crippen LogP contribution in [0.25, 0.3) is 0 Å². The summed E-state index contributed by atoms with van der Waals surface area (Å²) < 4.78 is 7.25. The van der Waals surface area contributed by atoms with Gasteiger partial charge in [-0.3, -0.25) is 4.90 Å². The summed E-state index contributed by atoms with van der Waals surface area (Å²) in [6.45, 7) is 3.54. The van der Waals surface area contributed by atoms with Gasteiger partial charge in [-0.25, -0.2) is 0 Å². The minimum Gasteiger partial charge on any atom is -0.497 e. The summed E-state index contributed by atoms with van der Waals surface area (Å²) in [7, 11) is 1.64. The molecule has 0 bridgehead atoms. The number of nitrogens with zero attached hydrogens (tertiary/aromatic N) is 4. The van der Waals surface area contributed by atoms with Crippen LogP contribution in [-0.4, -0.2) is 33.3 Å². The first-order valence-corrected chi connectivity index (χ1v) is 6.27. The van der Waals surface area contributed by atoms with E-state index in [0.29, 0.717) is 0 Å². The Morgan fingerprint density at radius 2 is 2.26 bits per heavy atom. The molecule has 3 rings (SSSR count). The number of benzene rings is 1. The smallest absolute Gasteiger partial charge is 0.147 e. The van der Waals surface area contributed by atoms with Crippen LogP contribution in [0.2, 0.25) is 0 Å². The zero-order chi connectivity index (χ0) is 13.2. The molecule has 2 N–H and O–H groups in total. The van der Waals surface area contributed by atoms with Gasteiger partial charge in [0.1, 0.15) is 17.9 Å². The van der Waals surface area contributed by atoms with Gasteiger partial charge in [-0.1, -0.05) is 6.07 Å². The molecule has 1 aromatic heterocycles. The first kappa shape index (κ1) is 12.0. The van der Waals surface area contributed by atoms with Gasteiger partial charge in [0.25, 0.3) is 0 Å². The lowest BCUT2D eigenvalue weighted by molar-refractivity contribution is 0.209. The number of anilines is 1. The molecule has 1 aliphatic rings. The topological polar surface area (TPSA) is 69.2 Å². The Bertz CT molecular complexity index is 580. The third kappa shape index (κ3) is 2.39. The normalized spacial score (nSPS) is 15.2. The van der Waals surface area contributed by atoms with Crippen LogP contribution in [0.3, 0.4) is 0 Å². The predicted molar refractivity (Wildman–Crippen MR) is 71.5 cm³/mol. The van der Waals surface area contributed by atoms with Gasteiger partial charge in [-0.15, -0.1) is 10.2 Å². The first-order chi connectivity index (χ1) is 9.26. The standard InChI is InChI=1S/C13H17N5O/c1-19-11-3-2-10(12(14)6-11)7-17-4-5-18-9-15-16-13(18)8-17/h2-3,6,9H,4-5,7-8,14H2,1H3. The molecule has 6 heteroatoms. The monoisotopic (exact) mass is 259 g/mol. The minimum absolute atomic E-state index is 0.770. The number of rotatable bonds is 3. The molecule has 2 aromatic rings. The second kappa shape index (κ2) is 4.89. The molecule has 0 fully saturated rings. The van der Waals surface area contributed by atoms with Crippen LogP contribution in [0.1, 0.15) is 11.4 Å². The van der Waals surface area contributed by atoms with Crippen LogP contribution in [0.5, 0.6) is 5.75 Å². The van der Waals surface area contributed by atoms with Gasteiger partial charge in [0, 0.05) is 31.4 Å². The molecule has 1 aromatic carbocycles. The lowest BCUT2D eigenvalue weighted by atomic mass is 10.1. The maximum Gasteiger partial charge on any atom is 0.147 e. The summed E-state index contributed by atoms with van der Waals surface area (Å²) in [5.74, 6) is 1.80. The largest absolute Gasteiger partial charge is 0.497 e. The number of nitrogens with two attached hydrogens (primary N) is 1. The fourth-order valence-corrected chi connectivity index (χ4v) is 2.34. The highest BCUT2D eigenvalue weighted by molar-refractivity contribution is 5.51. The first-order valence-electron chi connectivity index (χ1n) is 6.27. The lowest BCUT2D eigenvalue weighted by Gasteiger charge is -2.27. The summed E-state index contributed by atoms with van der Waals surface area (Å²) in [6.07, 6.45) is 1.79. The fourth-order valence-electron chi connectivity index (χ4n) is 2.34. The SMILES string of the molecule is COc1ccc(CN2CCn3cnnc3C2)c(N)c1. The Kier molecular flexibility index (Phi) is 3.08. The number of ether oxygens (including phenoxy) is 1. The molecule has 0 unspecified atom stereocenters. The van der Waals surface area contributed by atoms with Gasteiger partial charge in [-0.05, 0) is 11.6 Å². The van der Waals surface area contributed by atoms with Gasteiger partial charge in [-0.2, -0.15) is 0 Å². The zero-order valence-corrected chi connectivity index (χ0v) is 10.9. The molecule has 0 spiro atoms. The second-order valence-corrected chi connectivity index (χ2v) is 4.72. The molecule has 2 heterocycles. The van der Waals surface area contributed by atoms with E-state index in [1.807, 2.05) is 18.2 Å². The molecular weight excluding hydrogens is 242 g/mol. The molecule has 0 amide bonds. The van der Waals surface area contributed by atoms with E-state index < -0.39 is 0 Å². The average Bonchev–Trinajstić information content (AvgIpc) is 2.88. The summed E-state index contributed by atoms with van der Waals surface area (Å²) >= 11 is 0. The Hall–Kier alpha value is -2.08. The van der Waals surface area contributed by atoms with Gasteiger partial charge in [0.2, 0.25) is 0 Å². The number of aromatic nitrogens is 3. The summed E-state index contributed by atoms with van der Waals surface area (Å²) in [4.78, 5) is 2.32. The fraction of sp³-hybridized carbons (Fsp3) is 0.385. The molecule has 100 valence electrons. The van der Waals surface area contributed by atoms with E-state index in [9.17, 15) is 0 Å². The highest BCUT2D eigenvalue weighted by Gasteiger charge is 2.18. The Balaban J connectivity index is 1.73. The molecule has 19 heavy (non-hydrogen) atoms. The van der Waals surface area contributed by atoms with Crippen LogP contribution < -0.4 is 10.5 Å². The van der Waals surface area contributed by atoms with Gasteiger partial charge >= 0.3 is 0 Å². The Labute approximate surface area is 111 Å². The van der Waals surface area contributed by atoms with Crippen molar-refractivity contribution < 1.29 is 4.74 Å². The minimum atomic E-state index is 0.770. The predicted octanol–water partition coefficient (Wildman–Crippen LogP) is 0.885. The van der Waals surface area contributed by atoms with Crippen LogP contribution in [-0.2, 0) is 19.6 Å². The average molecular weight is 259 g/mol. The van der Waals surface area contributed by atoms with Crippen molar-refractivity contribution in [1.82, 2.24) is 19.7 Å². The lowest BCUT2D eigenvalue weighted by Crippen LogP contribution is -2.33. The molecule has 0 saturated heterocycles. The van der Waals surface area contributed by atoms with Crippen molar-refractivity contribution >= 4 is 5.69 Å². The maximum atomic E-state index is 6.05. The van der Waals surface area contributed by atoms with E-state index in [1.54, 1.807) is 13.4 Å². The van der Waals surface area contributed by atoms with Crippen LogP contribution in [0.15, 0.2) is 24.5 Å². The molecule has 0 saturated carbocycles. The van der Waals surface area contributed by atoms with E-state index in [1.165, 1.54) is 0 Å². The van der Waals surface area contributed by atoms with Gasteiger partial charge < -0.3 is 15.0 Å². The van der Waals surface area contributed by atoms with Crippen molar-refractivity contribution in [1.29, 1.82) is 0 Å². The molecule has 0 aliphatic carbocycles. The van der Waals surface area contributed by atoms with E-state index in [0.717, 1.165) is 49.0 Å². The van der Waals surface area contributed by atoms with E-state index >= 15 is 0 Å². The Morgan fingerprint density at radius 1 is 1.37 bits per heavy atom. The van der Waals surface area contributed by atoms with Crippen molar-refractivity contribution in [3.63, 3.8) is 0 Å². The Morgan fingerprint density at radius 3 is 3.05 bits per heavy atom. The van der Waals surface area contributed by atoms with Gasteiger partial charge in [0.05, 0.1) is 13.7 Å². The van der Waals surface area contributed by atoms with Crippen LogP contribution >= 0.6 is 0 Å². The quantitative estimate of drug-likeness (QED) is 0.829. The van der Waals surface area contributed by atoms with Gasteiger partial charge in [0.15, 0.2) is 0 Å². The van der Waals surface area contributed by atoms with Crippen molar-refractivity contribution in [2.45, 2.75) is 19.6 Å². The molecule has 1 aliphatic heterocycles. The summed E-state index contributed by atoms with van der Waals surface area (Å²) in [5, 5.41) is 8.05. The number of hydrogen-bond donors (Lipinski definition) is 1.